The van der Waals surface area contributed by atoms with E-state index >= 15 is 0 Å². The molecule has 0 bridgehead atoms. The number of rotatable bonds is 4. The zero-order chi connectivity index (χ0) is 14.4. The fourth-order valence-corrected chi connectivity index (χ4v) is 1.80. The minimum Gasteiger partial charge on any atom is -0.310 e. The van der Waals surface area contributed by atoms with E-state index in [1.165, 1.54) is 11.8 Å². The minimum atomic E-state index is -0.119. The van der Waals surface area contributed by atoms with E-state index in [0.717, 1.165) is 12.0 Å². The molecule has 1 amide bonds. The third kappa shape index (κ3) is 3.66. The summed E-state index contributed by atoms with van der Waals surface area (Å²) in [6.45, 7) is 2.10. The molecule has 100 valence electrons. The Morgan fingerprint density at radius 1 is 1.20 bits per heavy atom. The molecule has 0 unspecified atom stereocenters. The standard InChI is InChI=1S/C16H15N3O/c1-2-12-3-5-13(6-4-12)9-16(20)19-15-8-7-14(10-17)11-18-15/h3-8,11H,2,9H2,1H3,(H,18,19,20). The molecule has 0 aliphatic heterocycles. The molecule has 4 nitrogen and oxygen atoms in total. The third-order valence-corrected chi connectivity index (χ3v) is 2.96. The average molecular weight is 265 g/mol. The molecule has 0 fully saturated rings. The SMILES string of the molecule is CCc1ccc(CC(=O)Nc2ccc(C#N)cn2)cc1. The van der Waals surface area contributed by atoms with Crippen molar-refractivity contribution in [3.63, 3.8) is 0 Å². The molecule has 1 heterocycles. The number of aromatic nitrogens is 1. The molecule has 1 aromatic carbocycles. The second-order valence-electron chi connectivity index (χ2n) is 4.44. The van der Waals surface area contributed by atoms with E-state index in [2.05, 4.69) is 17.2 Å². The maximum absolute atomic E-state index is 11.9. The molecular formula is C16H15N3O. The quantitative estimate of drug-likeness (QED) is 0.924. The van der Waals surface area contributed by atoms with Crippen molar-refractivity contribution >= 4 is 11.7 Å². The smallest absolute Gasteiger partial charge is 0.229 e. The van der Waals surface area contributed by atoms with Crippen LogP contribution >= 0.6 is 0 Å². The number of anilines is 1. The fraction of sp³-hybridized carbons (Fsp3) is 0.188. The Labute approximate surface area is 118 Å². The summed E-state index contributed by atoms with van der Waals surface area (Å²) in [6, 6.07) is 13.2. The Hall–Kier alpha value is -2.67. The van der Waals surface area contributed by atoms with Gasteiger partial charge in [0.15, 0.2) is 0 Å². The average Bonchev–Trinajstić information content (AvgIpc) is 2.49. The lowest BCUT2D eigenvalue weighted by atomic mass is 10.1. The Morgan fingerprint density at radius 2 is 1.90 bits per heavy atom. The molecule has 0 saturated carbocycles. The van der Waals surface area contributed by atoms with Crippen molar-refractivity contribution in [2.75, 3.05) is 5.32 Å². The van der Waals surface area contributed by atoms with Crippen molar-refractivity contribution in [2.45, 2.75) is 19.8 Å². The minimum absolute atomic E-state index is 0.119. The van der Waals surface area contributed by atoms with Crippen LogP contribution in [0.4, 0.5) is 5.82 Å². The molecule has 2 rings (SSSR count). The second-order valence-corrected chi connectivity index (χ2v) is 4.44. The van der Waals surface area contributed by atoms with Crippen LogP contribution in [0.5, 0.6) is 0 Å². The van der Waals surface area contributed by atoms with Crippen LogP contribution in [0.3, 0.4) is 0 Å². The van der Waals surface area contributed by atoms with Crippen molar-refractivity contribution in [1.82, 2.24) is 4.98 Å². The van der Waals surface area contributed by atoms with Crippen molar-refractivity contribution in [3.05, 3.63) is 59.3 Å². The molecule has 0 aliphatic carbocycles. The van der Waals surface area contributed by atoms with E-state index in [9.17, 15) is 4.79 Å². The van der Waals surface area contributed by atoms with Crippen LogP contribution in [0, 0.1) is 11.3 Å². The molecule has 0 atom stereocenters. The van der Waals surface area contributed by atoms with Crippen molar-refractivity contribution in [1.29, 1.82) is 5.26 Å². The highest BCUT2D eigenvalue weighted by Crippen LogP contribution is 2.08. The Morgan fingerprint density at radius 3 is 2.45 bits per heavy atom. The van der Waals surface area contributed by atoms with Crippen LogP contribution in [-0.4, -0.2) is 10.9 Å². The van der Waals surface area contributed by atoms with Crippen LogP contribution in [0.2, 0.25) is 0 Å². The summed E-state index contributed by atoms with van der Waals surface area (Å²) in [7, 11) is 0. The van der Waals surface area contributed by atoms with Gasteiger partial charge >= 0.3 is 0 Å². The summed E-state index contributed by atoms with van der Waals surface area (Å²) in [5.41, 5.74) is 2.69. The lowest BCUT2D eigenvalue weighted by Gasteiger charge is -2.05. The molecule has 1 N–H and O–H groups in total. The number of hydrogen-bond donors (Lipinski definition) is 1. The highest BCUT2D eigenvalue weighted by atomic mass is 16.1. The highest BCUT2D eigenvalue weighted by molar-refractivity contribution is 5.91. The number of benzene rings is 1. The lowest BCUT2D eigenvalue weighted by molar-refractivity contribution is -0.115. The molecule has 0 radical (unpaired) electrons. The summed E-state index contributed by atoms with van der Waals surface area (Å²) in [5, 5.41) is 11.4. The first-order valence-corrected chi connectivity index (χ1v) is 6.45. The van der Waals surface area contributed by atoms with Crippen LogP contribution in [-0.2, 0) is 17.6 Å². The largest absolute Gasteiger partial charge is 0.310 e. The first kappa shape index (κ1) is 13.8. The zero-order valence-corrected chi connectivity index (χ0v) is 11.3. The van der Waals surface area contributed by atoms with Gasteiger partial charge in [-0.15, -0.1) is 0 Å². The van der Waals surface area contributed by atoms with Gasteiger partial charge in [0.1, 0.15) is 11.9 Å². The highest BCUT2D eigenvalue weighted by Gasteiger charge is 2.05. The predicted octanol–water partition coefficient (Wildman–Crippen LogP) is 2.70. The van der Waals surface area contributed by atoms with Gasteiger partial charge in [-0.05, 0) is 29.7 Å². The van der Waals surface area contributed by atoms with Crippen molar-refractivity contribution in [3.8, 4) is 6.07 Å². The van der Waals surface area contributed by atoms with Gasteiger partial charge in [0, 0.05) is 6.20 Å². The molecule has 0 spiro atoms. The van der Waals surface area contributed by atoms with E-state index in [4.69, 9.17) is 5.26 Å². The van der Waals surface area contributed by atoms with Gasteiger partial charge in [0.05, 0.1) is 12.0 Å². The first-order valence-electron chi connectivity index (χ1n) is 6.45. The Bertz CT molecular complexity index is 624. The van der Waals surface area contributed by atoms with Gasteiger partial charge in [-0.2, -0.15) is 5.26 Å². The van der Waals surface area contributed by atoms with Crippen LogP contribution in [0.25, 0.3) is 0 Å². The van der Waals surface area contributed by atoms with Gasteiger partial charge in [-0.25, -0.2) is 4.98 Å². The van der Waals surface area contributed by atoms with E-state index in [1.807, 2.05) is 30.3 Å². The maximum atomic E-state index is 11.9. The number of nitrogens with one attached hydrogen (secondary N) is 1. The predicted molar refractivity (Wildman–Crippen MR) is 77.1 cm³/mol. The maximum Gasteiger partial charge on any atom is 0.229 e. The normalized spacial score (nSPS) is 9.80. The number of hydrogen-bond acceptors (Lipinski definition) is 3. The summed E-state index contributed by atoms with van der Waals surface area (Å²) < 4.78 is 0. The zero-order valence-electron chi connectivity index (χ0n) is 11.3. The van der Waals surface area contributed by atoms with Gasteiger partial charge in [0.25, 0.3) is 0 Å². The monoisotopic (exact) mass is 265 g/mol. The van der Waals surface area contributed by atoms with Crippen LogP contribution in [0.1, 0.15) is 23.6 Å². The molecule has 2 aromatic rings. The topological polar surface area (TPSA) is 65.8 Å². The number of amides is 1. The second kappa shape index (κ2) is 6.48. The van der Waals surface area contributed by atoms with Crippen LogP contribution < -0.4 is 5.32 Å². The number of aryl methyl sites for hydroxylation is 1. The Kier molecular flexibility index (Phi) is 4.46. The van der Waals surface area contributed by atoms with Gasteiger partial charge < -0.3 is 5.32 Å². The lowest BCUT2D eigenvalue weighted by Crippen LogP contribution is -2.15. The van der Waals surface area contributed by atoms with E-state index in [1.54, 1.807) is 12.1 Å². The van der Waals surface area contributed by atoms with E-state index in [0.29, 0.717) is 17.8 Å². The molecular weight excluding hydrogens is 250 g/mol. The first-order chi connectivity index (χ1) is 9.71. The summed E-state index contributed by atoms with van der Waals surface area (Å²) >= 11 is 0. The number of pyridine rings is 1. The van der Waals surface area contributed by atoms with E-state index < -0.39 is 0 Å². The number of carbonyl (C=O) groups is 1. The number of nitriles is 1. The van der Waals surface area contributed by atoms with Crippen molar-refractivity contribution < 1.29 is 4.79 Å². The molecule has 1 aromatic heterocycles. The number of carbonyl (C=O) groups excluding carboxylic acids is 1. The molecule has 0 aliphatic rings. The van der Waals surface area contributed by atoms with E-state index in [-0.39, 0.29) is 5.91 Å². The van der Waals surface area contributed by atoms with Crippen LogP contribution in [0.15, 0.2) is 42.6 Å². The fourth-order valence-electron chi connectivity index (χ4n) is 1.80. The summed E-state index contributed by atoms with van der Waals surface area (Å²) in [4.78, 5) is 15.9. The number of nitrogens with zero attached hydrogens (tertiary/aromatic N) is 2. The Balaban J connectivity index is 1.95. The summed E-state index contributed by atoms with van der Waals surface area (Å²) in [5.74, 6) is 0.339. The van der Waals surface area contributed by atoms with Gasteiger partial charge in [-0.1, -0.05) is 31.2 Å². The molecule has 20 heavy (non-hydrogen) atoms. The van der Waals surface area contributed by atoms with Crippen molar-refractivity contribution in [2.24, 2.45) is 0 Å². The molecule has 0 saturated heterocycles. The third-order valence-electron chi connectivity index (χ3n) is 2.96. The molecule has 4 heteroatoms. The summed E-state index contributed by atoms with van der Waals surface area (Å²) in [6.07, 6.45) is 2.74. The van der Waals surface area contributed by atoms with Gasteiger partial charge in [-0.3, -0.25) is 4.79 Å². The van der Waals surface area contributed by atoms with Gasteiger partial charge in [0.2, 0.25) is 5.91 Å².